The third kappa shape index (κ3) is 2.34. The number of rotatable bonds is 4. The summed E-state index contributed by atoms with van der Waals surface area (Å²) in [6.45, 7) is 0. The van der Waals surface area contributed by atoms with Gasteiger partial charge < -0.3 is 19.9 Å². The first-order valence-corrected chi connectivity index (χ1v) is 5.88. The summed E-state index contributed by atoms with van der Waals surface area (Å²) in [6.07, 6.45) is 3.00. The average molecular weight is 251 g/mol. The lowest BCUT2D eigenvalue weighted by Crippen LogP contribution is -2.25. The number of nitrogen functional groups attached to an aromatic ring is 1. The summed E-state index contributed by atoms with van der Waals surface area (Å²) in [4.78, 5) is 11.9. The molecule has 98 valence electrons. The zero-order valence-corrected chi connectivity index (χ0v) is 10.6. The lowest BCUT2D eigenvalue weighted by atomic mass is 9.96. The van der Waals surface area contributed by atoms with Gasteiger partial charge in [0.05, 0.1) is 25.5 Å². The Morgan fingerprint density at radius 2 is 1.83 bits per heavy atom. The van der Waals surface area contributed by atoms with Crippen molar-refractivity contribution < 1.29 is 19.0 Å². The van der Waals surface area contributed by atoms with Gasteiger partial charge in [-0.25, -0.2) is 4.79 Å². The molecule has 0 heterocycles. The molecule has 0 spiro atoms. The van der Waals surface area contributed by atoms with Crippen LogP contribution in [0.4, 0.5) is 5.69 Å². The van der Waals surface area contributed by atoms with E-state index in [0.29, 0.717) is 22.7 Å². The minimum absolute atomic E-state index is 0.0324. The molecule has 0 bridgehead atoms. The third-order valence-electron chi connectivity index (χ3n) is 3.10. The van der Waals surface area contributed by atoms with E-state index in [1.807, 2.05) is 0 Å². The highest BCUT2D eigenvalue weighted by molar-refractivity contribution is 5.96. The van der Waals surface area contributed by atoms with Crippen LogP contribution in [-0.2, 0) is 4.74 Å². The van der Waals surface area contributed by atoms with E-state index in [1.54, 1.807) is 12.1 Å². The maximum Gasteiger partial charge on any atom is 0.340 e. The van der Waals surface area contributed by atoms with Crippen LogP contribution in [-0.4, -0.2) is 26.3 Å². The van der Waals surface area contributed by atoms with Crippen molar-refractivity contribution in [2.45, 2.75) is 25.4 Å². The molecule has 2 N–H and O–H groups in total. The van der Waals surface area contributed by atoms with Gasteiger partial charge in [0, 0.05) is 12.1 Å². The van der Waals surface area contributed by atoms with Crippen LogP contribution in [0.3, 0.4) is 0 Å². The Morgan fingerprint density at radius 3 is 2.33 bits per heavy atom. The van der Waals surface area contributed by atoms with Crippen molar-refractivity contribution in [1.82, 2.24) is 0 Å². The van der Waals surface area contributed by atoms with Gasteiger partial charge in [-0.3, -0.25) is 0 Å². The molecule has 0 aliphatic heterocycles. The predicted octanol–water partition coefficient (Wildman–Crippen LogP) is 2.00. The number of ether oxygens (including phenoxy) is 3. The number of nitrogens with two attached hydrogens (primary N) is 1. The van der Waals surface area contributed by atoms with Gasteiger partial charge in [0.2, 0.25) is 0 Å². The van der Waals surface area contributed by atoms with E-state index in [9.17, 15) is 4.79 Å². The summed E-state index contributed by atoms with van der Waals surface area (Å²) in [5, 5.41) is 0. The van der Waals surface area contributed by atoms with Gasteiger partial charge in [0.25, 0.3) is 0 Å². The third-order valence-corrected chi connectivity index (χ3v) is 3.10. The van der Waals surface area contributed by atoms with Crippen LogP contribution < -0.4 is 15.2 Å². The number of methoxy groups -OCH3 is 2. The highest BCUT2D eigenvalue weighted by atomic mass is 16.5. The Labute approximate surface area is 106 Å². The molecule has 5 nitrogen and oxygen atoms in total. The molecule has 1 saturated carbocycles. The monoisotopic (exact) mass is 251 g/mol. The van der Waals surface area contributed by atoms with Gasteiger partial charge in [-0.15, -0.1) is 0 Å². The van der Waals surface area contributed by atoms with E-state index >= 15 is 0 Å². The number of carbonyl (C=O) groups excluding carboxylic acids is 1. The smallest absolute Gasteiger partial charge is 0.340 e. The molecule has 1 aliphatic carbocycles. The highest BCUT2D eigenvalue weighted by Gasteiger charge is 2.24. The van der Waals surface area contributed by atoms with Crippen LogP contribution in [0.25, 0.3) is 0 Å². The Hall–Kier alpha value is -1.91. The fourth-order valence-corrected chi connectivity index (χ4v) is 1.77. The molecule has 5 heteroatoms. The Morgan fingerprint density at radius 1 is 1.22 bits per heavy atom. The lowest BCUT2D eigenvalue weighted by Gasteiger charge is -2.25. The summed E-state index contributed by atoms with van der Waals surface area (Å²) in [6, 6.07) is 3.12. The maximum atomic E-state index is 11.9. The number of carbonyl (C=O) groups is 1. The van der Waals surface area contributed by atoms with Gasteiger partial charge in [-0.2, -0.15) is 0 Å². The standard InChI is InChI=1S/C13H17NO4/c1-16-11-6-9(10(14)7-12(11)17-2)13(15)18-8-4-3-5-8/h6-8H,3-5,14H2,1-2H3. The normalized spacial score (nSPS) is 14.8. The quantitative estimate of drug-likeness (QED) is 0.654. The van der Waals surface area contributed by atoms with Crippen LogP contribution in [0.15, 0.2) is 12.1 Å². The summed E-state index contributed by atoms with van der Waals surface area (Å²) < 4.78 is 15.6. The Kier molecular flexibility index (Phi) is 3.60. The molecule has 0 saturated heterocycles. The van der Waals surface area contributed by atoms with E-state index in [1.165, 1.54) is 14.2 Å². The number of hydrogen-bond acceptors (Lipinski definition) is 5. The van der Waals surface area contributed by atoms with E-state index in [2.05, 4.69) is 0 Å². The van der Waals surface area contributed by atoms with Crippen molar-refractivity contribution in [3.05, 3.63) is 17.7 Å². The summed E-state index contributed by atoms with van der Waals surface area (Å²) in [5.41, 5.74) is 6.47. The van der Waals surface area contributed by atoms with Crippen LogP contribution in [0.1, 0.15) is 29.6 Å². The van der Waals surface area contributed by atoms with Crippen molar-refractivity contribution in [1.29, 1.82) is 0 Å². The number of anilines is 1. The van der Waals surface area contributed by atoms with Gasteiger partial charge in [0.15, 0.2) is 11.5 Å². The number of benzene rings is 1. The molecular weight excluding hydrogens is 234 g/mol. The van der Waals surface area contributed by atoms with Crippen molar-refractivity contribution >= 4 is 11.7 Å². The van der Waals surface area contributed by atoms with E-state index in [-0.39, 0.29) is 6.10 Å². The lowest BCUT2D eigenvalue weighted by molar-refractivity contribution is 0.00909. The molecule has 0 radical (unpaired) electrons. The fraction of sp³-hybridized carbons (Fsp3) is 0.462. The van der Waals surface area contributed by atoms with Crippen LogP contribution >= 0.6 is 0 Å². The Balaban J connectivity index is 2.23. The van der Waals surface area contributed by atoms with Crippen LogP contribution in [0, 0.1) is 0 Å². The predicted molar refractivity (Wildman–Crippen MR) is 67.0 cm³/mol. The first kappa shape index (κ1) is 12.5. The highest BCUT2D eigenvalue weighted by Crippen LogP contribution is 2.33. The van der Waals surface area contributed by atoms with Crippen molar-refractivity contribution in [2.24, 2.45) is 0 Å². The van der Waals surface area contributed by atoms with Gasteiger partial charge in [-0.1, -0.05) is 0 Å². The Bertz CT molecular complexity index is 455. The second-order valence-electron chi connectivity index (χ2n) is 4.25. The summed E-state index contributed by atoms with van der Waals surface area (Å²) in [7, 11) is 3.03. The number of hydrogen-bond donors (Lipinski definition) is 1. The molecule has 1 fully saturated rings. The molecule has 1 aromatic carbocycles. The second-order valence-corrected chi connectivity index (χ2v) is 4.25. The minimum Gasteiger partial charge on any atom is -0.493 e. The molecule has 0 amide bonds. The molecule has 0 unspecified atom stereocenters. The summed E-state index contributed by atoms with van der Waals surface area (Å²) >= 11 is 0. The first-order chi connectivity index (χ1) is 8.65. The zero-order valence-electron chi connectivity index (χ0n) is 10.6. The van der Waals surface area contributed by atoms with E-state index in [4.69, 9.17) is 19.9 Å². The molecule has 2 rings (SSSR count). The van der Waals surface area contributed by atoms with Crippen LogP contribution in [0.2, 0.25) is 0 Å². The molecule has 0 aromatic heterocycles. The van der Waals surface area contributed by atoms with Gasteiger partial charge in [0.1, 0.15) is 6.10 Å². The average Bonchev–Trinajstić information content (AvgIpc) is 2.33. The SMILES string of the molecule is COc1cc(N)c(C(=O)OC2CCC2)cc1OC. The van der Waals surface area contributed by atoms with E-state index < -0.39 is 5.97 Å². The molecule has 18 heavy (non-hydrogen) atoms. The molecular formula is C13H17NO4. The minimum atomic E-state index is -0.404. The van der Waals surface area contributed by atoms with Crippen molar-refractivity contribution in [3.8, 4) is 11.5 Å². The number of esters is 1. The first-order valence-electron chi connectivity index (χ1n) is 5.88. The van der Waals surface area contributed by atoms with Crippen molar-refractivity contribution in [2.75, 3.05) is 20.0 Å². The topological polar surface area (TPSA) is 70.8 Å². The maximum absolute atomic E-state index is 11.9. The summed E-state index contributed by atoms with van der Waals surface area (Å²) in [5.74, 6) is 0.556. The largest absolute Gasteiger partial charge is 0.493 e. The molecule has 1 aromatic rings. The second kappa shape index (κ2) is 5.16. The molecule has 0 atom stereocenters. The van der Waals surface area contributed by atoms with Crippen LogP contribution in [0.5, 0.6) is 11.5 Å². The van der Waals surface area contributed by atoms with Crippen molar-refractivity contribution in [3.63, 3.8) is 0 Å². The fourth-order valence-electron chi connectivity index (χ4n) is 1.77. The molecule has 1 aliphatic rings. The van der Waals surface area contributed by atoms with Gasteiger partial charge in [-0.05, 0) is 19.3 Å². The van der Waals surface area contributed by atoms with E-state index in [0.717, 1.165) is 19.3 Å². The zero-order chi connectivity index (χ0) is 13.1. The van der Waals surface area contributed by atoms with Gasteiger partial charge >= 0.3 is 5.97 Å².